The number of rotatable bonds is 2. The normalized spacial score (nSPS) is 21.9. The van der Waals surface area contributed by atoms with E-state index in [4.69, 9.17) is 0 Å². The summed E-state index contributed by atoms with van der Waals surface area (Å²) < 4.78 is 0. The van der Waals surface area contributed by atoms with Gasteiger partial charge in [0.1, 0.15) is 0 Å². The minimum absolute atomic E-state index is 0.0827. The van der Waals surface area contributed by atoms with Crippen molar-refractivity contribution in [2.75, 3.05) is 5.32 Å². The van der Waals surface area contributed by atoms with Gasteiger partial charge in [0.05, 0.1) is 6.04 Å². The minimum atomic E-state index is -0.0857. The maximum atomic E-state index is 12.0. The number of anilines is 1. The second-order valence-electron chi connectivity index (χ2n) is 4.39. The van der Waals surface area contributed by atoms with Crippen LogP contribution in [0.3, 0.4) is 0 Å². The van der Waals surface area contributed by atoms with Gasteiger partial charge in [0.2, 0.25) is 5.91 Å². The fourth-order valence-corrected chi connectivity index (χ4v) is 2.01. The zero-order chi connectivity index (χ0) is 11.5. The first-order valence-corrected chi connectivity index (χ1v) is 5.84. The standard InChI is InChI=1S/C13H18N2O/c1-3-9(2)12-13(16)15-11-7-5-4-6-10(11)8-14-12/h4-7,9,12,14H,3,8H2,1-2H3,(H,15,16)/t9-,12?/m0/s1. The van der Waals surface area contributed by atoms with E-state index in [-0.39, 0.29) is 11.9 Å². The van der Waals surface area contributed by atoms with Crippen LogP contribution in [0.1, 0.15) is 25.8 Å². The van der Waals surface area contributed by atoms with E-state index in [2.05, 4.69) is 24.5 Å². The van der Waals surface area contributed by atoms with Gasteiger partial charge in [-0.2, -0.15) is 0 Å². The first kappa shape index (κ1) is 11.1. The number of nitrogens with one attached hydrogen (secondary N) is 2. The fourth-order valence-electron chi connectivity index (χ4n) is 2.01. The Kier molecular flexibility index (Phi) is 3.25. The number of fused-ring (bicyclic) bond motifs is 1. The summed E-state index contributed by atoms with van der Waals surface area (Å²) in [7, 11) is 0. The van der Waals surface area contributed by atoms with Crippen LogP contribution in [0.15, 0.2) is 24.3 Å². The summed E-state index contributed by atoms with van der Waals surface area (Å²) in [4.78, 5) is 12.0. The second kappa shape index (κ2) is 4.66. The fraction of sp³-hybridized carbons (Fsp3) is 0.462. The van der Waals surface area contributed by atoms with E-state index in [1.165, 1.54) is 0 Å². The molecule has 1 aliphatic heterocycles. The molecule has 0 saturated heterocycles. The average molecular weight is 218 g/mol. The van der Waals surface area contributed by atoms with Gasteiger partial charge in [0, 0.05) is 12.2 Å². The molecule has 2 N–H and O–H groups in total. The largest absolute Gasteiger partial charge is 0.324 e. The smallest absolute Gasteiger partial charge is 0.241 e. The predicted octanol–water partition coefficient (Wildman–Crippen LogP) is 2.14. The maximum absolute atomic E-state index is 12.0. The SMILES string of the molecule is CC[C@H](C)C1NCc2ccccc2NC1=O. The number of para-hydroxylation sites is 1. The number of benzene rings is 1. The molecule has 1 unspecified atom stereocenters. The molecule has 2 rings (SSSR count). The van der Waals surface area contributed by atoms with E-state index in [0.717, 1.165) is 24.2 Å². The molecule has 0 spiro atoms. The molecule has 16 heavy (non-hydrogen) atoms. The third-order valence-corrected chi connectivity index (χ3v) is 3.28. The van der Waals surface area contributed by atoms with Gasteiger partial charge in [-0.05, 0) is 17.5 Å². The van der Waals surface area contributed by atoms with Gasteiger partial charge in [-0.15, -0.1) is 0 Å². The van der Waals surface area contributed by atoms with Crippen LogP contribution in [-0.4, -0.2) is 11.9 Å². The molecule has 0 aliphatic carbocycles. The van der Waals surface area contributed by atoms with E-state index in [9.17, 15) is 4.79 Å². The van der Waals surface area contributed by atoms with Crippen molar-refractivity contribution >= 4 is 11.6 Å². The molecule has 1 aromatic rings. The lowest BCUT2D eigenvalue weighted by molar-refractivity contribution is -0.119. The highest BCUT2D eigenvalue weighted by Gasteiger charge is 2.26. The van der Waals surface area contributed by atoms with E-state index in [0.29, 0.717) is 5.92 Å². The van der Waals surface area contributed by atoms with Crippen molar-refractivity contribution in [2.45, 2.75) is 32.9 Å². The van der Waals surface area contributed by atoms with Crippen molar-refractivity contribution < 1.29 is 4.79 Å². The molecule has 1 heterocycles. The molecule has 1 aliphatic rings. The van der Waals surface area contributed by atoms with Crippen LogP contribution in [-0.2, 0) is 11.3 Å². The van der Waals surface area contributed by atoms with Crippen LogP contribution in [0.2, 0.25) is 0 Å². The molecule has 3 heteroatoms. The van der Waals surface area contributed by atoms with Crippen molar-refractivity contribution in [1.82, 2.24) is 5.32 Å². The van der Waals surface area contributed by atoms with Crippen molar-refractivity contribution in [2.24, 2.45) is 5.92 Å². The van der Waals surface area contributed by atoms with Crippen LogP contribution in [0.4, 0.5) is 5.69 Å². The van der Waals surface area contributed by atoms with E-state index < -0.39 is 0 Å². The predicted molar refractivity (Wildman–Crippen MR) is 65.2 cm³/mol. The summed E-state index contributed by atoms with van der Waals surface area (Å²) in [5, 5.41) is 6.31. The molecular weight excluding hydrogens is 200 g/mol. The maximum Gasteiger partial charge on any atom is 0.241 e. The lowest BCUT2D eigenvalue weighted by Gasteiger charge is -2.20. The third kappa shape index (κ3) is 2.09. The highest BCUT2D eigenvalue weighted by Crippen LogP contribution is 2.20. The molecule has 0 fully saturated rings. The molecule has 0 bridgehead atoms. The van der Waals surface area contributed by atoms with Gasteiger partial charge in [-0.3, -0.25) is 4.79 Å². The van der Waals surface area contributed by atoms with Crippen molar-refractivity contribution in [3.8, 4) is 0 Å². The summed E-state index contributed by atoms with van der Waals surface area (Å²) in [6.07, 6.45) is 1.00. The monoisotopic (exact) mass is 218 g/mol. The second-order valence-corrected chi connectivity index (χ2v) is 4.39. The van der Waals surface area contributed by atoms with Crippen LogP contribution in [0, 0.1) is 5.92 Å². The Morgan fingerprint density at radius 2 is 2.19 bits per heavy atom. The Hall–Kier alpha value is -1.35. The Labute approximate surface area is 96.2 Å². The molecule has 0 aromatic heterocycles. The molecule has 0 radical (unpaired) electrons. The highest BCUT2D eigenvalue weighted by molar-refractivity contribution is 5.96. The molecule has 3 nitrogen and oxygen atoms in total. The van der Waals surface area contributed by atoms with Gasteiger partial charge in [0.25, 0.3) is 0 Å². The first-order valence-electron chi connectivity index (χ1n) is 5.84. The summed E-state index contributed by atoms with van der Waals surface area (Å²) in [6, 6.07) is 7.85. The highest BCUT2D eigenvalue weighted by atomic mass is 16.2. The molecule has 0 saturated carbocycles. The zero-order valence-corrected chi connectivity index (χ0v) is 9.79. The van der Waals surface area contributed by atoms with Gasteiger partial charge < -0.3 is 10.6 Å². The van der Waals surface area contributed by atoms with Crippen molar-refractivity contribution in [3.63, 3.8) is 0 Å². The molecule has 2 atom stereocenters. The van der Waals surface area contributed by atoms with Gasteiger partial charge in [-0.25, -0.2) is 0 Å². The number of amides is 1. The minimum Gasteiger partial charge on any atom is -0.324 e. The van der Waals surface area contributed by atoms with Crippen molar-refractivity contribution in [3.05, 3.63) is 29.8 Å². The van der Waals surface area contributed by atoms with E-state index in [1.807, 2.05) is 24.3 Å². The van der Waals surface area contributed by atoms with Crippen LogP contribution < -0.4 is 10.6 Å². The van der Waals surface area contributed by atoms with Gasteiger partial charge in [-0.1, -0.05) is 38.5 Å². The van der Waals surface area contributed by atoms with Crippen LogP contribution >= 0.6 is 0 Å². The number of carbonyl (C=O) groups is 1. The number of carbonyl (C=O) groups excluding carboxylic acids is 1. The average Bonchev–Trinajstić information content (AvgIpc) is 2.46. The van der Waals surface area contributed by atoms with E-state index in [1.54, 1.807) is 0 Å². The van der Waals surface area contributed by atoms with E-state index >= 15 is 0 Å². The summed E-state index contributed by atoms with van der Waals surface area (Å²) in [5.74, 6) is 0.439. The van der Waals surface area contributed by atoms with Crippen molar-refractivity contribution in [1.29, 1.82) is 0 Å². The Balaban J connectivity index is 2.22. The van der Waals surface area contributed by atoms with Gasteiger partial charge >= 0.3 is 0 Å². The molecule has 1 aromatic carbocycles. The Bertz CT molecular complexity index is 389. The summed E-state index contributed by atoms with van der Waals surface area (Å²) in [5.41, 5.74) is 2.09. The molecular formula is C13H18N2O. The molecule has 86 valence electrons. The Morgan fingerprint density at radius 1 is 1.44 bits per heavy atom. The zero-order valence-electron chi connectivity index (χ0n) is 9.79. The first-order chi connectivity index (χ1) is 7.72. The lowest BCUT2D eigenvalue weighted by atomic mass is 9.98. The third-order valence-electron chi connectivity index (χ3n) is 3.28. The quantitative estimate of drug-likeness (QED) is 0.798. The van der Waals surface area contributed by atoms with Crippen LogP contribution in [0.5, 0.6) is 0 Å². The summed E-state index contributed by atoms with van der Waals surface area (Å²) in [6.45, 7) is 4.97. The number of hydrogen-bond donors (Lipinski definition) is 2. The van der Waals surface area contributed by atoms with Crippen LogP contribution in [0.25, 0.3) is 0 Å². The Morgan fingerprint density at radius 3 is 2.94 bits per heavy atom. The topological polar surface area (TPSA) is 41.1 Å². The summed E-state index contributed by atoms with van der Waals surface area (Å²) >= 11 is 0. The number of hydrogen-bond acceptors (Lipinski definition) is 2. The lowest BCUT2D eigenvalue weighted by Crippen LogP contribution is -2.42. The molecule has 1 amide bonds. The van der Waals surface area contributed by atoms with Gasteiger partial charge in [0.15, 0.2) is 0 Å².